The van der Waals surface area contributed by atoms with Gasteiger partial charge in [0.2, 0.25) is 0 Å². The second-order valence-electron chi connectivity index (χ2n) is 4.40. The average molecular weight is 258 g/mol. The molecule has 0 N–H and O–H groups in total. The molecule has 0 fully saturated rings. The average Bonchev–Trinajstić information content (AvgIpc) is 2.25. The molecule has 2 nitrogen and oxygen atoms in total. The third-order valence-corrected chi connectivity index (χ3v) is 3.64. The van der Waals surface area contributed by atoms with Gasteiger partial charge in [0.15, 0.2) is 0 Å². The highest BCUT2D eigenvalue weighted by molar-refractivity contribution is 7.85. The van der Waals surface area contributed by atoms with Gasteiger partial charge in [-0.2, -0.15) is 4.40 Å². The molecule has 0 heterocycles. The van der Waals surface area contributed by atoms with Crippen LogP contribution in [-0.4, -0.2) is 20.5 Å². The molecule has 1 aromatic carbocycles. The van der Waals surface area contributed by atoms with Crippen LogP contribution in [0.4, 0.5) is 0 Å². The number of rotatable bonds is 3. The van der Waals surface area contributed by atoms with Gasteiger partial charge in [-0.3, -0.25) is 0 Å². The van der Waals surface area contributed by atoms with E-state index >= 15 is 0 Å². The highest BCUT2D eigenvalue weighted by Crippen LogP contribution is 2.14. The van der Waals surface area contributed by atoms with Crippen LogP contribution in [0.1, 0.15) is 26.3 Å². The number of hydrogen-bond donors (Lipinski definition) is 0. The van der Waals surface area contributed by atoms with Crippen molar-refractivity contribution in [3.05, 3.63) is 35.9 Å². The van der Waals surface area contributed by atoms with E-state index in [1.807, 2.05) is 51.1 Å². The molecule has 16 heavy (non-hydrogen) atoms. The van der Waals surface area contributed by atoms with Crippen LogP contribution < -0.4 is 0 Å². The molecule has 1 aromatic rings. The number of benzene rings is 1. The summed E-state index contributed by atoms with van der Waals surface area (Å²) in [5, 5.41) is 0. The first-order chi connectivity index (χ1) is 7.45. The van der Waals surface area contributed by atoms with Crippen LogP contribution in [0.15, 0.2) is 34.7 Å². The van der Waals surface area contributed by atoms with Crippen molar-refractivity contribution in [3.8, 4) is 0 Å². The molecule has 0 aliphatic heterocycles. The van der Waals surface area contributed by atoms with E-state index in [0.717, 1.165) is 5.56 Å². The maximum atomic E-state index is 11.9. The van der Waals surface area contributed by atoms with Crippen molar-refractivity contribution in [1.29, 1.82) is 0 Å². The molecular formula is C12H16ClNOS. The molecule has 0 saturated heterocycles. The third kappa shape index (κ3) is 3.72. The molecule has 0 aliphatic carbocycles. The standard InChI is InChI=1S/C12H16ClNOS/c1-12(2,3)16(15)14-11(9-13)10-7-5-4-6-8-10/h4-8H,9H2,1-3H3/b14-11-/t16-/m1/s1. The van der Waals surface area contributed by atoms with Crippen molar-refractivity contribution < 1.29 is 4.21 Å². The monoisotopic (exact) mass is 257 g/mol. The minimum atomic E-state index is -1.26. The van der Waals surface area contributed by atoms with E-state index in [1.54, 1.807) is 0 Å². The lowest BCUT2D eigenvalue weighted by Gasteiger charge is -2.14. The largest absolute Gasteiger partial charge is 0.234 e. The predicted octanol–water partition coefficient (Wildman–Crippen LogP) is 3.18. The Balaban J connectivity index is 3.00. The minimum Gasteiger partial charge on any atom is -0.234 e. The van der Waals surface area contributed by atoms with E-state index in [9.17, 15) is 4.21 Å². The molecule has 4 heteroatoms. The topological polar surface area (TPSA) is 29.4 Å². The lowest BCUT2D eigenvalue weighted by molar-refractivity contribution is 0.650. The summed E-state index contributed by atoms with van der Waals surface area (Å²) >= 11 is 5.83. The Morgan fingerprint density at radius 2 is 1.88 bits per heavy atom. The maximum absolute atomic E-state index is 11.9. The van der Waals surface area contributed by atoms with E-state index in [0.29, 0.717) is 5.71 Å². The zero-order valence-corrected chi connectivity index (χ0v) is 11.3. The molecular weight excluding hydrogens is 242 g/mol. The van der Waals surface area contributed by atoms with Gasteiger partial charge < -0.3 is 0 Å². The molecule has 0 saturated carbocycles. The summed E-state index contributed by atoms with van der Waals surface area (Å²) in [5.41, 5.74) is 1.60. The summed E-state index contributed by atoms with van der Waals surface area (Å²) in [6.07, 6.45) is 0. The van der Waals surface area contributed by atoms with Gasteiger partial charge in [0.05, 0.1) is 16.3 Å². The molecule has 0 unspecified atom stereocenters. The zero-order chi connectivity index (χ0) is 12.2. The summed E-state index contributed by atoms with van der Waals surface area (Å²) in [7, 11) is -1.26. The first-order valence-electron chi connectivity index (χ1n) is 5.06. The van der Waals surface area contributed by atoms with Gasteiger partial charge in [-0.05, 0) is 26.3 Å². The Morgan fingerprint density at radius 3 is 2.31 bits per heavy atom. The van der Waals surface area contributed by atoms with Gasteiger partial charge in [-0.15, -0.1) is 11.6 Å². The molecule has 0 radical (unpaired) electrons. The van der Waals surface area contributed by atoms with Gasteiger partial charge in [0.25, 0.3) is 0 Å². The van der Waals surface area contributed by atoms with Gasteiger partial charge in [0, 0.05) is 0 Å². The molecule has 1 atom stereocenters. The summed E-state index contributed by atoms with van der Waals surface area (Å²) < 4.78 is 15.7. The second-order valence-corrected chi connectivity index (χ2v) is 6.57. The van der Waals surface area contributed by atoms with E-state index in [-0.39, 0.29) is 10.6 Å². The van der Waals surface area contributed by atoms with Gasteiger partial charge in [0.1, 0.15) is 11.0 Å². The van der Waals surface area contributed by atoms with Crippen LogP contribution in [0.2, 0.25) is 0 Å². The molecule has 0 amide bonds. The Kier molecular flexibility index (Phi) is 4.69. The number of halogens is 1. The number of alkyl halides is 1. The van der Waals surface area contributed by atoms with E-state index in [2.05, 4.69) is 4.40 Å². The highest BCUT2D eigenvalue weighted by atomic mass is 35.5. The van der Waals surface area contributed by atoms with E-state index < -0.39 is 11.0 Å². The lowest BCUT2D eigenvalue weighted by atomic mass is 10.1. The van der Waals surface area contributed by atoms with Gasteiger partial charge in [-0.1, -0.05) is 30.3 Å². The van der Waals surface area contributed by atoms with Crippen molar-refractivity contribution in [3.63, 3.8) is 0 Å². The number of nitrogens with zero attached hydrogens (tertiary/aromatic N) is 1. The fourth-order valence-corrected chi connectivity index (χ4v) is 1.95. The zero-order valence-electron chi connectivity index (χ0n) is 9.74. The lowest BCUT2D eigenvalue weighted by Crippen LogP contribution is -2.21. The van der Waals surface area contributed by atoms with Crippen LogP contribution >= 0.6 is 11.6 Å². The van der Waals surface area contributed by atoms with Crippen molar-refractivity contribution in [2.45, 2.75) is 25.5 Å². The van der Waals surface area contributed by atoms with Crippen molar-refractivity contribution in [2.24, 2.45) is 4.40 Å². The quantitative estimate of drug-likeness (QED) is 0.604. The summed E-state index contributed by atoms with van der Waals surface area (Å²) in [5.74, 6) is 0.270. The molecule has 88 valence electrons. The summed E-state index contributed by atoms with van der Waals surface area (Å²) in [6, 6.07) is 9.59. The summed E-state index contributed by atoms with van der Waals surface area (Å²) in [6.45, 7) is 5.68. The molecule has 0 spiro atoms. The van der Waals surface area contributed by atoms with Crippen molar-refractivity contribution >= 4 is 28.3 Å². The Labute approximate surface area is 104 Å². The van der Waals surface area contributed by atoms with Crippen LogP contribution in [0.3, 0.4) is 0 Å². The van der Waals surface area contributed by atoms with Crippen LogP contribution in [0.25, 0.3) is 0 Å². The summed E-state index contributed by atoms with van der Waals surface area (Å²) in [4.78, 5) is 0. The minimum absolute atomic E-state index is 0.270. The SMILES string of the molecule is CC(C)(C)[S@@](=O)/N=C(/CCl)c1ccccc1. The van der Waals surface area contributed by atoms with Crippen LogP contribution in [0, 0.1) is 0 Å². The van der Waals surface area contributed by atoms with Gasteiger partial charge >= 0.3 is 0 Å². The fourth-order valence-electron chi connectivity index (χ4n) is 1.02. The highest BCUT2D eigenvalue weighted by Gasteiger charge is 2.19. The molecule has 0 bridgehead atoms. The Hall–Kier alpha value is -0.670. The maximum Gasteiger partial charge on any atom is 0.145 e. The Bertz CT molecular complexity index is 395. The second kappa shape index (κ2) is 5.60. The van der Waals surface area contributed by atoms with E-state index in [1.165, 1.54) is 0 Å². The van der Waals surface area contributed by atoms with Crippen LogP contribution in [0.5, 0.6) is 0 Å². The smallest absolute Gasteiger partial charge is 0.145 e. The van der Waals surface area contributed by atoms with Crippen molar-refractivity contribution in [1.82, 2.24) is 0 Å². The van der Waals surface area contributed by atoms with E-state index in [4.69, 9.17) is 11.6 Å². The normalized spacial score (nSPS) is 14.9. The predicted molar refractivity (Wildman–Crippen MR) is 71.6 cm³/mol. The molecule has 1 rings (SSSR count). The molecule has 0 aliphatic rings. The third-order valence-electron chi connectivity index (χ3n) is 1.95. The first kappa shape index (κ1) is 13.4. The van der Waals surface area contributed by atoms with Crippen molar-refractivity contribution in [2.75, 3.05) is 5.88 Å². The van der Waals surface area contributed by atoms with Gasteiger partial charge in [-0.25, -0.2) is 4.21 Å². The fraction of sp³-hybridized carbons (Fsp3) is 0.417. The molecule has 0 aromatic heterocycles. The van der Waals surface area contributed by atoms with Crippen LogP contribution in [-0.2, 0) is 11.0 Å². The first-order valence-corrected chi connectivity index (χ1v) is 6.70. The number of hydrogen-bond acceptors (Lipinski definition) is 1. The Morgan fingerprint density at radius 1 is 1.31 bits per heavy atom.